The van der Waals surface area contributed by atoms with Crippen molar-refractivity contribution in [3.63, 3.8) is 0 Å². The number of Topliss-reactive ketones (excluding diaryl/α,β-unsaturated/α-hetero) is 1. The molecule has 0 bridgehead atoms. The van der Waals surface area contributed by atoms with Crippen LogP contribution in [0.3, 0.4) is 0 Å². The van der Waals surface area contributed by atoms with E-state index in [2.05, 4.69) is 11.6 Å². The fourth-order valence-electron chi connectivity index (χ4n) is 3.91. The first kappa shape index (κ1) is 22.8. The van der Waals surface area contributed by atoms with Crippen LogP contribution in [-0.4, -0.2) is 35.5 Å². The molecule has 4 aromatic rings. The standard InChI is InChI=1S/C26H20N2O5S2/c1-3-12-33-16-8-6-15(7-9-16)22-21(23(29)19-5-4-13-34-19)24(30)25(31)28(22)26-27-18-11-10-17(32-2)14-20(18)35-26/h3-11,13-14,22,30H,1,12H2,2H3/t22-/m1/s1. The number of ether oxygens (including phenoxy) is 2. The number of thiazole rings is 1. The van der Waals surface area contributed by atoms with E-state index < -0.39 is 23.5 Å². The highest BCUT2D eigenvalue weighted by Crippen LogP contribution is 2.45. The van der Waals surface area contributed by atoms with Gasteiger partial charge in [-0.15, -0.1) is 11.3 Å². The number of methoxy groups -OCH3 is 1. The molecule has 0 radical (unpaired) electrons. The summed E-state index contributed by atoms with van der Waals surface area (Å²) in [6.07, 6.45) is 1.64. The van der Waals surface area contributed by atoms with Gasteiger partial charge in [-0.3, -0.25) is 14.5 Å². The smallest absolute Gasteiger partial charge is 0.296 e. The molecule has 2 aromatic heterocycles. The summed E-state index contributed by atoms with van der Waals surface area (Å²) >= 11 is 2.54. The van der Waals surface area contributed by atoms with E-state index in [1.165, 1.54) is 27.6 Å². The van der Waals surface area contributed by atoms with Crippen LogP contribution >= 0.6 is 22.7 Å². The van der Waals surface area contributed by atoms with Gasteiger partial charge in [0.2, 0.25) is 5.78 Å². The zero-order chi connectivity index (χ0) is 24.5. The first-order chi connectivity index (χ1) is 17.0. The van der Waals surface area contributed by atoms with Crippen LogP contribution in [0.15, 0.2) is 84.0 Å². The van der Waals surface area contributed by atoms with Crippen molar-refractivity contribution in [2.45, 2.75) is 6.04 Å². The number of benzene rings is 2. The van der Waals surface area contributed by atoms with E-state index in [0.29, 0.717) is 39.2 Å². The second-order valence-electron chi connectivity index (χ2n) is 7.65. The number of aromatic nitrogens is 1. The molecule has 2 aromatic carbocycles. The van der Waals surface area contributed by atoms with Crippen molar-refractivity contribution < 1.29 is 24.2 Å². The van der Waals surface area contributed by atoms with Crippen LogP contribution in [0.25, 0.3) is 10.2 Å². The lowest BCUT2D eigenvalue weighted by Gasteiger charge is -2.24. The minimum atomic E-state index is -0.854. The summed E-state index contributed by atoms with van der Waals surface area (Å²) in [6.45, 7) is 4.00. The molecule has 0 unspecified atom stereocenters. The fraction of sp³-hybridized carbons (Fsp3) is 0.115. The average molecular weight is 505 g/mol. The number of amides is 1. The van der Waals surface area contributed by atoms with Gasteiger partial charge in [0.05, 0.1) is 33.8 Å². The van der Waals surface area contributed by atoms with Gasteiger partial charge in [0.25, 0.3) is 5.91 Å². The Hall–Kier alpha value is -3.95. The van der Waals surface area contributed by atoms with Crippen molar-refractivity contribution in [3.05, 3.63) is 94.4 Å². The number of aliphatic hydroxyl groups excluding tert-OH is 1. The molecule has 5 rings (SSSR count). The molecule has 1 aliphatic heterocycles. The number of carbonyl (C=O) groups is 2. The van der Waals surface area contributed by atoms with E-state index in [0.717, 1.165) is 4.70 Å². The van der Waals surface area contributed by atoms with E-state index in [-0.39, 0.29) is 5.57 Å². The Kier molecular flexibility index (Phi) is 6.10. The van der Waals surface area contributed by atoms with Crippen molar-refractivity contribution in [1.82, 2.24) is 4.98 Å². The number of ketones is 1. The Bertz CT molecular complexity index is 1450. The molecule has 1 N–H and O–H groups in total. The molecule has 3 heterocycles. The van der Waals surface area contributed by atoms with Crippen molar-refractivity contribution in [2.75, 3.05) is 18.6 Å². The molecule has 0 fully saturated rings. The molecule has 0 saturated carbocycles. The van der Waals surface area contributed by atoms with Gasteiger partial charge in [-0.25, -0.2) is 4.98 Å². The van der Waals surface area contributed by atoms with Crippen LogP contribution in [0.4, 0.5) is 5.13 Å². The molecule has 7 nitrogen and oxygen atoms in total. The Labute approximate surface area is 209 Å². The van der Waals surface area contributed by atoms with E-state index in [1.807, 2.05) is 6.07 Å². The number of aliphatic hydroxyl groups is 1. The molecule has 0 aliphatic carbocycles. The predicted octanol–water partition coefficient (Wildman–Crippen LogP) is 5.71. The lowest BCUT2D eigenvalue weighted by Crippen LogP contribution is -2.30. The van der Waals surface area contributed by atoms with Crippen LogP contribution in [0.5, 0.6) is 11.5 Å². The zero-order valence-electron chi connectivity index (χ0n) is 18.6. The second-order valence-corrected chi connectivity index (χ2v) is 9.60. The number of anilines is 1. The molecular weight excluding hydrogens is 484 g/mol. The summed E-state index contributed by atoms with van der Waals surface area (Å²) < 4.78 is 11.7. The molecule has 176 valence electrons. The first-order valence-corrected chi connectivity index (χ1v) is 12.3. The zero-order valence-corrected chi connectivity index (χ0v) is 20.3. The van der Waals surface area contributed by atoms with E-state index in [1.54, 1.807) is 67.1 Å². The van der Waals surface area contributed by atoms with Gasteiger partial charge < -0.3 is 14.6 Å². The minimum Gasteiger partial charge on any atom is -0.503 e. The number of rotatable bonds is 8. The number of hydrogen-bond acceptors (Lipinski definition) is 8. The van der Waals surface area contributed by atoms with Crippen molar-refractivity contribution in [1.29, 1.82) is 0 Å². The summed E-state index contributed by atoms with van der Waals surface area (Å²) in [5.41, 5.74) is 1.35. The van der Waals surface area contributed by atoms with E-state index in [4.69, 9.17) is 9.47 Å². The lowest BCUT2D eigenvalue weighted by molar-refractivity contribution is -0.117. The molecule has 1 aliphatic rings. The summed E-state index contributed by atoms with van der Waals surface area (Å²) in [6, 6.07) is 15.1. The molecule has 9 heteroatoms. The van der Waals surface area contributed by atoms with Crippen LogP contribution in [0.2, 0.25) is 0 Å². The number of thiophene rings is 1. The highest BCUT2D eigenvalue weighted by Gasteiger charge is 2.46. The number of carbonyl (C=O) groups excluding carboxylic acids is 2. The van der Waals surface area contributed by atoms with Crippen LogP contribution < -0.4 is 14.4 Å². The minimum absolute atomic E-state index is 0.0223. The van der Waals surface area contributed by atoms with Crippen molar-refractivity contribution in [2.24, 2.45) is 0 Å². The summed E-state index contributed by atoms with van der Waals surface area (Å²) in [5.74, 6) is -0.351. The Balaban J connectivity index is 1.62. The van der Waals surface area contributed by atoms with Gasteiger partial charge in [0.15, 0.2) is 10.9 Å². The SMILES string of the molecule is C=CCOc1ccc([C@@H]2C(C(=O)c3cccs3)=C(O)C(=O)N2c2nc3ccc(OC)cc3s2)cc1. The van der Waals surface area contributed by atoms with Crippen LogP contribution in [-0.2, 0) is 4.79 Å². The fourth-order valence-corrected chi connectivity index (χ4v) is 5.61. The van der Waals surface area contributed by atoms with Gasteiger partial charge in [-0.2, -0.15) is 0 Å². The third kappa shape index (κ3) is 4.09. The van der Waals surface area contributed by atoms with Crippen LogP contribution in [0.1, 0.15) is 21.3 Å². The van der Waals surface area contributed by atoms with Gasteiger partial charge in [-0.1, -0.05) is 42.2 Å². The third-order valence-corrected chi connectivity index (χ3v) is 7.44. The molecule has 1 atom stereocenters. The molecule has 35 heavy (non-hydrogen) atoms. The Morgan fingerprint density at radius 3 is 2.66 bits per heavy atom. The maximum Gasteiger partial charge on any atom is 0.296 e. The predicted molar refractivity (Wildman–Crippen MR) is 137 cm³/mol. The normalized spacial score (nSPS) is 15.6. The molecule has 0 saturated heterocycles. The monoisotopic (exact) mass is 504 g/mol. The van der Waals surface area contributed by atoms with Crippen molar-refractivity contribution >= 4 is 49.7 Å². The van der Waals surface area contributed by atoms with Gasteiger partial charge in [0, 0.05) is 0 Å². The Morgan fingerprint density at radius 2 is 1.97 bits per heavy atom. The highest BCUT2D eigenvalue weighted by molar-refractivity contribution is 7.22. The lowest BCUT2D eigenvalue weighted by atomic mass is 9.95. The summed E-state index contributed by atoms with van der Waals surface area (Å²) in [5, 5.41) is 13.1. The average Bonchev–Trinajstić information content (AvgIpc) is 3.61. The van der Waals surface area contributed by atoms with Crippen molar-refractivity contribution in [3.8, 4) is 11.5 Å². The first-order valence-electron chi connectivity index (χ1n) is 10.6. The topological polar surface area (TPSA) is 89.0 Å². The third-order valence-electron chi connectivity index (χ3n) is 5.55. The Morgan fingerprint density at radius 1 is 1.20 bits per heavy atom. The number of hydrogen-bond donors (Lipinski definition) is 1. The summed E-state index contributed by atoms with van der Waals surface area (Å²) in [7, 11) is 1.58. The highest BCUT2D eigenvalue weighted by atomic mass is 32.1. The molecule has 1 amide bonds. The van der Waals surface area contributed by atoms with Crippen LogP contribution in [0, 0.1) is 0 Å². The van der Waals surface area contributed by atoms with E-state index in [9.17, 15) is 14.7 Å². The maximum absolute atomic E-state index is 13.4. The van der Waals surface area contributed by atoms with Gasteiger partial charge >= 0.3 is 0 Å². The second kappa shape index (κ2) is 9.36. The quantitative estimate of drug-likeness (QED) is 0.244. The number of nitrogens with zero attached hydrogens (tertiary/aromatic N) is 2. The molecular formula is C26H20N2O5S2. The van der Waals surface area contributed by atoms with E-state index >= 15 is 0 Å². The molecule has 0 spiro atoms. The van der Waals surface area contributed by atoms with Gasteiger partial charge in [0.1, 0.15) is 18.1 Å². The maximum atomic E-state index is 13.4. The number of fused-ring (bicyclic) bond motifs is 1. The van der Waals surface area contributed by atoms with Gasteiger partial charge in [-0.05, 0) is 47.3 Å². The largest absolute Gasteiger partial charge is 0.503 e. The summed E-state index contributed by atoms with van der Waals surface area (Å²) in [4.78, 5) is 33.2.